The van der Waals surface area contributed by atoms with E-state index in [0.717, 1.165) is 0 Å². The SMILES string of the molecule is Cn1nccc1C(=O)/C=C/c1c(F)c(F)c(F)c(F)c1F. The number of rotatable bonds is 3. The van der Waals surface area contributed by atoms with Crippen LogP contribution in [0.1, 0.15) is 16.1 Å². The normalized spacial score (nSPS) is 11.3. The number of ketones is 1. The van der Waals surface area contributed by atoms with E-state index in [1.54, 1.807) is 0 Å². The largest absolute Gasteiger partial charge is 0.288 e. The van der Waals surface area contributed by atoms with Crippen LogP contribution in [0.2, 0.25) is 0 Å². The topological polar surface area (TPSA) is 34.9 Å². The second-order valence-electron chi connectivity index (χ2n) is 4.02. The van der Waals surface area contributed by atoms with E-state index in [9.17, 15) is 26.7 Å². The highest BCUT2D eigenvalue weighted by atomic mass is 19.2. The summed E-state index contributed by atoms with van der Waals surface area (Å²) in [6.45, 7) is 0. The van der Waals surface area contributed by atoms with Crippen LogP contribution in [-0.2, 0) is 7.05 Å². The number of nitrogens with zero attached hydrogens (tertiary/aromatic N) is 2. The van der Waals surface area contributed by atoms with Gasteiger partial charge in [0.05, 0.1) is 5.56 Å². The summed E-state index contributed by atoms with van der Waals surface area (Å²) in [5.74, 6) is -11.1. The molecule has 3 nitrogen and oxygen atoms in total. The van der Waals surface area contributed by atoms with Crippen molar-refractivity contribution in [2.24, 2.45) is 7.05 Å². The van der Waals surface area contributed by atoms with E-state index in [2.05, 4.69) is 5.10 Å². The molecule has 0 bridgehead atoms. The van der Waals surface area contributed by atoms with Gasteiger partial charge in [0.15, 0.2) is 23.3 Å². The number of carbonyl (C=O) groups is 1. The Bertz CT molecular complexity index is 722. The minimum atomic E-state index is -2.25. The summed E-state index contributed by atoms with van der Waals surface area (Å²) in [4.78, 5) is 11.7. The average molecular weight is 302 g/mol. The van der Waals surface area contributed by atoms with Gasteiger partial charge >= 0.3 is 0 Å². The summed E-state index contributed by atoms with van der Waals surface area (Å²) in [6.07, 6.45) is 2.56. The quantitative estimate of drug-likeness (QED) is 0.287. The summed E-state index contributed by atoms with van der Waals surface area (Å²) < 4.78 is 66.7. The van der Waals surface area contributed by atoms with Crippen molar-refractivity contribution < 1.29 is 26.7 Å². The van der Waals surface area contributed by atoms with Gasteiger partial charge in [-0.1, -0.05) is 0 Å². The minimum Gasteiger partial charge on any atom is -0.288 e. The molecule has 2 aromatic rings. The molecule has 1 aromatic carbocycles. The number of carbonyl (C=O) groups excluding carboxylic acids is 1. The lowest BCUT2D eigenvalue weighted by atomic mass is 10.1. The first-order valence-electron chi connectivity index (χ1n) is 5.56. The van der Waals surface area contributed by atoms with E-state index < -0.39 is 40.4 Å². The van der Waals surface area contributed by atoms with Crippen molar-refractivity contribution in [3.05, 3.63) is 58.7 Å². The van der Waals surface area contributed by atoms with Gasteiger partial charge in [-0.15, -0.1) is 0 Å². The monoisotopic (exact) mass is 302 g/mol. The highest BCUT2D eigenvalue weighted by molar-refractivity contribution is 6.05. The first kappa shape index (κ1) is 14.9. The van der Waals surface area contributed by atoms with Crippen molar-refractivity contribution >= 4 is 11.9 Å². The Hall–Kier alpha value is -2.51. The zero-order valence-corrected chi connectivity index (χ0v) is 10.5. The van der Waals surface area contributed by atoms with E-state index >= 15 is 0 Å². The van der Waals surface area contributed by atoms with Crippen LogP contribution in [0.4, 0.5) is 22.0 Å². The molecule has 0 aliphatic carbocycles. The molecule has 21 heavy (non-hydrogen) atoms. The van der Waals surface area contributed by atoms with Crippen LogP contribution in [0.15, 0.2) is 18.3 Å². The molecule has 2 rings (SSSR count). The van der Waals surface area contributed by atoms with E-state index in [1.807, 2.05) is 0 Å². The predicted octanol–water partition coefficient (Wildman–Crippen LogP) is 3.01. The van der Waals surface area contributed by atoms with Crippen molar-refractivity contribution in [1.82, 2.24) is 9.78 Å². The Balaban J connectivity index is 2.43. The number of hydrogen-bond acceptors (Lipinski definition) is 2. The maximum Gasteiger partial charge on any atom is 0.203 e. The van der Waals surface area contributed by atoms with Crippen LogP contribution in [0.3, 0.4) is 0 Å². The highest BCUT2D eigenvalue weighted by Crippen LogP contribution is 2.24. The zero-order chi connectivity index (χ0) is 15.7. The fourth-order valence-corrected chi connectivity index (χ4v) is 1.63. The first-order valence-corrected chi connectivity index (χ1v) is 5.56. The first-order chi connectivity index (χ1) is 9.84. The van der Waals surface area contributed by atoms with Crippen LogP contribution in [0, 0.1) is 29.1 Å². The van der Waals surface area contributed by atoms with E-state index in [1.165, 1.54) is 24.0 Å². The number of aryl methyl sites for hydroxylation is 1. The maximum absolute atomic E-state index is 13.4. The van der Waals surface area contributed by atoms with Gasteiger partial charge in [0.25, 0.3) is 0 Å². The third-order valence-corrected chi connectivity index (χ3v) is 2.72. The highest BCUT2D eigenvalue weighted by Gasteiger charge is 2.24. The molecular formula is C13H7F5N2O. The summed E-state index contributed by atoms with van der Waals surface area (Å²) in [5.41, 5.74) is -1.09. The molecule has 0 amide bonds. The Kier molecular flexibility index (Phi) is 3.88. The Labute approximate surface area is 115 Å². The fourth-order valence-electron chi connectivity index (χ4n) is 1.63. The Morgan fingerprint density at radius 1 is 1.05 bits per heavy atom. The number of aromatic nitrogens is 2. The molecule has 1 heterocycles. The Morgan fingerprint density at radius 2 is 1.57 bits per heavy atom. The minimum absolute atomic E-state index is 0.0927. The molecule has 0 fully saturated rings. The van der Waals surface area contributed by atoms with Crippen molar-refractivity contribution in [1.29, 1.82) is 0 Å². The van der Waals surface area contributed by atoms with Gasteiger partial charge in [-0.25, -0.2) is 22.0 Å². The van der Waals surface area contributed by atoms with Crippen LogP contribution in [-0.4, -0.2) is 15.6 Å². The van der Waals surface area contributed by atoms with Crippen LogP contribution < -0.4 is 0 Å². The van der Waals surface area contributed by atoms with E-state index in [4.69, 9.17) is 0 Å². The molecule has 110 valence electrons. The molecule has 0 spiro atoms. The molecule has 8 heteroatoms. The third-order valence-electron chi connectivity index (χ3n) is 2.72. The van der Waals surface area contributed by atoms with Gasteiger partial charge in [0.2, 0.25) is 11.6 Å². The molecule has 0 aliphatic rings. The number of allylic oxidation sites excluding steroid dienone is 1. The Morgan fingerprint density at radius 3 is 2.05 bits per heavy atom. The molecular weight excluding hydrogens is 295 g/mol. The summed E-state index contributed by atoms with van der Waals surface area (Å²) in [5, 5.41) is 3.71. The zero-order valence-electron chi connectivity index (χ0n) is 10.5. The van der Waals surface area contributed by atoms with Crippen molar-refractivity contribution in [2.45, 2.75) is 0 Å². The number of hydrogen-bond donors (Lipinski definition) is 0. The lowest BCUT2D eigenvalue weighted by molar-refractivity contribution is 0.103. The molecule has 0 N–H and O–H groups in total. The van der Waals surface area contributed by atoms with Gasteiger partial charge < -0.3 is 0 Å². The molecule has 1 aromatic heterocycles. The summed E-state index contributed by atoms with van der Waals surface area (Å²) >= 11 is 0. The smallest absolute Gasteiger partial charge is 0.203 e. The lowest BCUT2D eigenvalue weighted by Gasteiger charge is -2.04. The standard InChI is InChI=1S/C13H7F5N2O/c1-20-7(4-5-19-20)8(21)3-2-6-9(14)11(16)13(18)12(17)10(6)15/h2-5H,1H3/b3-2+. The maximum atomic E-state index is 13.4. The van der Waals surface area contributed by atoms with Gasteiger partial charge in [-0.05, 0) is 18.2 Å². The second kappa shape index (κ2) is 5.47. The number of benzene rings is 1. The molecule has 0 radical (unpaired) electrons. The molecule has 0 saturated heterocycles. The predicted molar refractivity (Wildman–Crippen MR) is 62.8 cm³/mol. The summed E-state index contributed by atoms with van der Waals surface area (Å²) in [7, 11) is 1.46. The molecule has 0 aliphatic heterocycles. The molecule has 0 unspecified atom stereocenters. The second-order valence-corrected chi connectivity index (χ2v) is 4.02. The van der Waals surface area contributed by atoms with Gasteiger partial charge in [0.1, 0.15) is 5.69 Å². The van der Waals surface area contributed by atoms with Crippen LogP contribution >= 0.6 is 0 Å². The van der Waals surface area contributed by atoms with Gasteiger partial charge in [0, 0.05) is 13.2 Å². The number of halogens is 5. The van der Waals surface area contributed by atoms with Crippen molar-refractivity contribution in [3.8, 4) is 0 Å². The van der Waals surface area contributed by atoms with Crippen molar-refractivity contribution in [2.75, 3.05) is 0 Å². The van der Waals surface area contributed by atoms with Gasteiger partial charge in [-0.3, -0.25) is 9.48 Å². The van der Waals surface area contributed by atoms with Gasteiger partial charge in [-0.2, -0.15) is 5.10 Å². The summed E-state index contributed by atoms with van der Waals surface area (Å²) in [6, 6.07) is 1.34. The molecule has 0 saturated carbocycles. The third kappa shape index (κ3) is 2.56. The van der Waals surface area contributed by atoms with E-state index in [0.29, 0.717) is 12.2 Å². The van der Waals surface area contributed by atoms with Crippen molar-refractivity contribution in [3.63, 3.8) is 0 Å². The average Bonchev–Trinajstić information content (AvgIpc) is 2.89. The fraction of sp³-hybridized carbons (Fsp3) is 0.0769. The molecule has 0 atom stereocenters. The van der Waals surface area contributed by atoms with Crippen LogP contribution in [0.5, 0.6) is 0 Å². The lowest BCUT2D eigenvalue weighted by Crippen LogP contribution is -2.06. The van der Waals surface area contributed by atoms with E-state index in [-0.39, 0.29) is 5.69 Å². The van der Waals surface area contributed by atoms with Crippen LogP contribution in [0.25, 0.3) is 6.08 Å².